The van der Waals surface area contributed by atoms with Crippen LogP contribution in [0.5, 0.6) is 0 Å². The molecule has 2 rings (SSSR count). The third-order valence-corrected chi connectivity index (χ3v) is 4.64. The van der Waals surface area contributed by atoms with Gasteiger partial charge in [0, 0.05) is 11.4 Å². The SMILES string of the molecule is Cc1cccc(C)c1C(NC(C)C)c1nc(C(C)C)cs1. The number of hydrogen-bond acceptors (Lipinski definition) is 3. The highest BCUT2D eigenvalue weighted by atomic mass is 32.1. The molecule has 0 amide bonds. The van der Waals surface area contributed by atoms with E-state index in [0.717, 1.165) is 0 Å². The van der Waals surface area contributed by atoms with Gasteiger partial charge in [-0.2, -0.15) is 0 Å². The molecular weight excluding hydrogens is 276 g/mol. The van der Waals surface area contributed by atoms with Gasteiger partial charge in [-0.05, 0) is 50.3 Å². The Morgan fingerprint density at radius 2 is 1.67 bits per heavy atom. The average Bonchev–Trinajstić information content (AvgIpc) is 2.86. The van der Waals surface area contributed by atoms with E-state index in [2.05, 4.69) is 70.4 Å². The Morgan fingerprint density at radius 3 is 2.14 bits per heavy atom. The van der Waals surface area contributed by atoms with Crippen molar-refractivity contribution in [3.05, 3.63) is 51.0 Å². The van der Waals surface area contributed by atoms with Crippen LogP contribution in [0.4, 0.5) is 0 Å². The summed E-state index contributed by atoms with van der Waals surface area (Å²) in [5.41, 5.74) is 5.22. The van der Waals surface area contributed by atoms with Crippen LogP contribution in [0.15, 0.2) is 23.6 Å². The number of rotatable bonds is 5. The molecule has 1 unspecified atom stereocenters. The molecule has 2 nitrogen and oxygen atoms in total. The number of benzene rings is 1. The van der Waals surface area contributed by atoms with Gasteiger partial charge in [0.2, 0.25) is 0 Å². The van der Waals surface area contributed by atoms with E-state index in [1.807, 2.05) is 0 Å². The summed E-state index contributed by atoms with van der Waals surface area (Å²) in [6.45, 7) is 13.2. The van der Waals surface area contributed by atoms with Gasteiger partial charge in [-0.15, -0.1) is 11.3 Å². The molecule has 0 saturated carbocycles. The Morgan fingerprint density at radius 1 is 1.05 bits per heavy atom. The summed E-state index contributed by atoms with van der Waals surface area (Å²) in [7, 11) is 0. The number of nitrogens with zero attached hydrogens (tertiary/aromatic N) is 1. The van der Waals surface area contributed by atoms with E-state index in [-0.39, 0.29) is 6.04 Å². The minimum Gasteiger partial charge on any atom is -0.302 e. The lowest BCUT2D eigenvalue weighted by molar-refractivity contribution is 0.522. The Balaban J connectivity index is 2.47. The van der Waals surface area contributed by atoms with Gasteiger partial charge in [-0.25, -0.2) is 4.98 Å². The van der Waals surface area contributed by atoms with Gasteiger partial charge >= 0.3 is 0 Å². The lowest BCUT2D eigenvalue weighted by Gasteiger charge is -2.23. The Kier molecular flexibility index (Phi) is 5.17. The third kappa shape index (κ3) is 3.72. The molecule has 114 valence electrons. The van der Waals surface area contributed by atoms with Crippen LogP contribution < -0.4 is 5.32 Å². The van der Waals surface area contributed by atoms with Crippen molar-refractivity contribution in [2.45, 2.75) is 59.5 Å². The fourth-order valence-corrected chi connectivity index (χ4v) is 3.64. The number of aromatic nitrogens is 1. The maximum Gasteiger partial charge on any atom is 0.114 e. The van der Waals surface area contributed by atoms with Crippen LogP contribution in [0, 0.1) is 13.8 Å². The highest BCUT2D eigenvalue weighted by Gasteiger charge is 2.22. The van der Waals surface area contributed by atoms with Crippen LogP contribution in [0.3, 0.4) is 0 Å². The van der Waals surface area contributed by atoms with Gasteiger partial charge in [-0.3, -0.25) is 0 Å². The maximum atomic E-state index is 4.88. The molecule has 0 fully saturated rings. The molecule has 0 aliphatic carbocycles. The van der Waals surface area contributed by atoms with Gasteiger partial charge < -0.3 is 5.32 Å². The van der Waals surface area contributed by atoms with Crippen molar-refractivity contribution < 1.29 is 0 Å². The van der Waals surface area contributed by atoms with Crippen LogP contribution in [-0.2, 0) is 0 Å². The summed E-state index contributed by atoms with van der Waals surface area (Å²) in [5.74, 6) is 0.479. The largest absolute Gasteiger partial charge is 0.302 e. The van der Waals surface area contributed by atoms with Crippen molar-refractivity contribution in [3.8, 4) is 0 Å². The van der Waals surface area contributed by atoms with E-state index >= 15 is 0 Å². The van der Waals surface area contributed by atoms with Crippen molar-refractivity contribution in [2.24, 2.45) is 0 Å². The zero-order chi connectivity index (χ0) is 15.6. The average molecular weight is 302 g/mol. The Hall–Kier alpha value is -1.19. The summed E-state index contributed by atoms with van der Waals surface area (Å²) in [6, 6.07) is 7.11. The van der Waals surface area contributed by atoms with Gasteiger partial charge in [0.1, 0.15) is 5.01 Å². The maximum absolute atomic E-state index is 4.88. The van der Waals surface area contributed by atoms with Crippen molar-refractivity contribution in [1.82, 2.24) is 10.3 Å². The van der Waals surface area contributed by atoms with Crippen molar-refractivity contribution in [1.29, 1.82) is 0 Å². The molecule has 0 aliphatic rings. The van der Waals surface area contributed by atoms with Crippen molar-refractivity contribution in [3.63, 3.8) is 0 Å². The molecule has 1 N–H and O–H groups in total. The third-order valence-electron chi connectivity index (χ3n) is 3.71. The van der Waals surface area contributed by atoms with E-state index < -0.39 is 0 Å². The summed E-state index contributed by atoms with van der Waals surface area (Å²) in [4.78, 5) is 4.88. The van der Waals surface area contributed by atoms with Gasteiger partial charge in [0.05, 0.1) is 11.7 Å². The smallest absolute Gasteiger partial charge is 0.114 e. The second-order valence-electron chi connectivity index (χ2n) is 6.33. The molecule has 1 aromatic carbocycles. The lowest BCUT2D eigenvalue weighted by Crippen LogP contribution is -2.30. The van der Waals surface area contributed by atoms with Crippen molar-refractivity contribution in [2.75, 3.05) is 0 Å². The minimum atomic E-state index is 0.184. The molecule has 21 heavy (non-hydrogen) atoms. The molecule has 0 aliphatic heterocycles. The van der Waals surface area contributed by atoms with Crippen LogP contribution in [0.1, 0.15) is 67.0 Å². The standard InChI is InChI=1S/C18H26N2S/c1-11(2)15-10-21-18(20-15)17(19-12(3)4)16-13(5)8-7-9-14(16)6/h7-12,17,19H,1-6H3. The minimum absolute atomic E-state index is 0.184. The van der Waals surface area contributed by atoms with E-state index in [1.165, 1.54) is 27.4 Å². The fourth-order valence-electron chi connectivity index (χ4n) is 2.59. The van der Waals surface area contributed by atoms with E-state index in [4.69, 9.17) is 4.98 Å². The van der Waals surface area contributed by atoms with Gasteiger partial charge in [-0.1, -0.05) is 32.0 Å². The molecule has 0 bridgehead atoms. The molecular formula is C18H26N2S. The summed E-state index contributed by atoms with van der Waals surface area (Å²) >= 11 is 1.77. The lowest BCUT2D eigenvalue weighted by atomic mass is 9.96. The van der Waals surface area contributed by atoms with Crippen LogP contribution in [-0.4, -0.2) is 11.0 Å². The first-order valence-electron chi connectivity index (χ1n) is 7.67. The highest BCUT2D eigenvalue weighted by molar-refractivity contribution is 7.09. The fraction of sp³-hybridized carbons (Fsp3) is 0.500. The molecule has 1 atom stereocenters. The number of nitrogens with one attached hydrogen (secondary N) is 1. The van der Waals surface area contributed by atoms with E-state index in [0.29, 0.717) is 12.0 Å². The van der Waals surface area contributed by atoms with Gasteiger partial charge in [0.25, 0.3) is 0 Å². The molecule has 0 saturated heterocycles. The first-order chi connectivity index (χ1) is 9.90. The molecule has 2 aromatic rings. The molecule has 1 heterocycles. The van der Waals surface area contributed by atoms with E-state index in [1.54, 1.807) is 11.3 Å². The van der Waals surface area contributed by atoms with Gasteiger partial charge in [0.15, 0.2) is 0 Å². The molecule has 1 aromatic heterocycles. The van der Waals surface area contributed by atoms with Crippen molar-refractivity contribution >= 4 is 11.3 Å². The summed E-state index contributed by atoms with van der Waals surface area (Å²) in [5, 5.41) is 7.06. The zero-order valence-electron chi connectivity index (χ0n) is 13.9. The monoisotopic (exact) mass is 302 g/mol. The van der Waals surface area contributed by atoms with Crippen LogP contribution in [0.2, 0.25) is 0 Å². The van der Waals surface area contributed by atoms with Crippen LogP contribution >= 0.6 is 11.3 Å². The zero-order valence-corrected chi connectivity index (χ0v) is 14.7. The number of aryl methyl sites for hydroxylation is 2. The Labute approximate surface area is 132 Å². The number of thiazole rings is 1. The summed E-state index contributed by atoms with van der Waals surface area (Å²) in [6.07, 6.45) is 0. The molecule has 0 spiro atoms. The first kappa shape index (κ1) is 16.2. The highest BCUT2D eigenvalue weighted by Crippen LogP contribution is 2.31. The summed E-state index contributed by atoms with van der Waals surface area (Å²) < 4.78 is 0. The van der Waals surface area contributed by atoms with E-state index in [9.17, 15) is 0 Å². The predicted molar refractivity (Wildman–Crippen MR) is 92.2 cm³/mol. The topological polar surface area (TPSA) is 24.9 Å². The second-order valence-corrected chi connectivity index (χ2v) is 7.21. The molecule has 3 heteroatoms. The normalized spacial score (nSPS) is 13.1. The van der Waals surface area contributed by atoms with Crippen LogP contribution in [0.25, 0.3) is 0 Å². The quantitative estimate of drug-likeness (QED) is 0.843. The predicted octanol–water partition coefficient (Wildman–Crippen LogP) is 4.97. The number of hydrogen-bond donors (Lipinski definition) is 1. The first-order valence-corrected chi connectivity index (χ1v) is 8.55. The Bertz CT molecular complexity index is 579. The molecule has 0 radical (unpaired) electrons. The second kappa shape index (κ2) is 6.71.